The lowest BCUT2D eigenvalue weighted by Gasteiger charge is -2.30. The zero-order chi connectivity index (χ0) is 11.8. The molecule has 86 valence electrons. The molecule has 6 heteroatoms. The van der Waals surface area contributed by atoms with Gasteiger partial charge < -0.3 is 10.2 Å². The lowest BCUT2D eigenvalue weighted by molar-refractivity contribution is -0.170. The summed E-state index contributed by atoms with van der Waals surface area (Å²) < 4.78 is 36.9. The molecule has 1 amide bonds. The standard InChI is InChI=1S/C10H9F3N2O/c11-10(12,13)9(16)15-6-5-14-7-3-1-2-4-8(7)15/h1-4,14H,5-6H2. The minimum Gasteiger partial charge on any atom is -0.382 e. The van der Waals surface area contributed by atoms with Crippen molar-refractivity contribution in [2.75, 3.05) is 23.3 Å². The molecule has 0 atom stereocenters. The average molecular weight is 230 g/mol. The van der Waals surface area contributed by atoms with Crippen LogP contribution in [0.15, 0.2) is 24.3 Å². The van der Waals surface area contributed by atoms with Crippen LogP contribution in [-0.4, -0.2) is 25.2 Å². The van der Waals surface area contributed by atoms with Crippen molar-refractivity contribution in [1.29, 1.82) is 0 Å². The normalized spacial score (nSPS) is 15.3. The highest BCUT2D eigenvalue weighted by atomic mass is 19.4. The number of para-hydroxylation sites is 2. The van der Waals surface area contributed by atoms with Crippen molar-refractivity contribution in [2.45, 2.75) is 6.18 Å². The van der Waals surface area contributed by atoms with Gasteiger partial charge in [-0.25, -0.2) is 0 Å². The molecular formula is C10H9F3N2O. The molecule has 1 heterocycles. The van der Waals surface area contributed by atoms with Crippen molar-refractivity contribution in [1.82, 2.24) is 0 Å². The van der Waals surface area contributed by atoms with Crippen LogP contribution in [0.1, 0.15) is 0 Å². The second kappa shape index (κ2) is 3.70. The van der Waals surface area contributed by atoms with E-state index in [9.17, 15) is 18.0 Å². The van der Waals surface area contributed by atoms with Crippen molar-refractivity contribution >= 4 is 17.3 Å². The first-order valence-electron chi connectivity index (χ1n) is 4.72. The van der Waals surface area contributed by atoms with E-state index in [1.54, 1.807) is 18.2 Å². The zero-order valence-electron chi connectivity index (χ0n) is 8.21. The number of benzene rings is 1. The van der Waals surface area contributed by atoms with Gasteiger partial charge in [-0.2, -0.15) is 13.2 Å². The first-order valence-corrected chi connectivity index (χ1v) is 4.72. The maximum Gasteiger partial charge on any atom is 0.471 e. The number of carbonyl (C=O) groups excluding carboxylic acids is 1. The van der Waals surface area contributed by atoms with E-state index in [0.717, 1.165) is 4.90 Å². The maximum atomic E-state index is 12.3. The van der Waals surface area contributed by atoms with Crippen molar-refractivity contribution in [3.8, 4) is 0 Å². The molecule has 1 aliphatic heterocycles. The summed E-state index contributed by atoms with van der Waals surface area (Å²) in [4.78, 5) is 11.9. The fourth-order valence-electron chi connectivity index (χ4n) is 1.65. The molecule has 0 saturated heterocycles. The lowest BCUT2D eigenvalue weighted by atomic mass is 10.2. The largest absolute Gasteiger partial charge is 0.471 e. The Balaban J connectivity index is 2.36. The van der Waals surface area contributed by atoms with E-state index < -0.39 is 12.1 Å². The summed E-state index contributed by atoms with van der Waals surface area (Å²) in [7, 11) is 0. The Hall–Kier alpha value is -1.72. The molecule has 2 rings (SSSR count). The topological polar surface area (TPSA) is 32.3 Å². The quantitative estimate of drug-likeness (QED) is 0.739. The van der Waals surface area contributed by atoms with Gasteiger partial charge in [-0.15, -0.1) is 0 Å². The van der Waals surface area contributed by atoms with E-state index >= 15 is 0 Å². The Labute approximate surface area is 89.9 Å². The Kier molecular flexibility index (Phi) is 2.49. The van der Waals surface area contributed by atoms with Crippen LogP contribution < -0.4 is 10.2 Å². The minimum absolute atomic E-state index is 0.0232. The number of carbonyl (C=O) groups is 1. The number of anilines is 2. The molecule has 1 aliphatic rings. The third kappa shape index (κ3) is 1.82. The summed E-state index contributed by atoms with van der Waals surface area (Å²) in [6.07, 6.45) is -4.83. The summed E-state index contributed by atoms with van der Waals surface area (Å²) in [6.45, 7) is 0.341. The Bertz CT molecular complexity index is 417. The molecular weight excluding hydrogens is 221 g/mol. The molecule has 16 heavy (non-hydrogen) atoms. The van der Waals surface area contributed by atoms with Crippen LogP contribution in [0.25, 0.3) is 0 Å². The number of fused-ring (bicyclic) bond motifs is 1. The molecule has 3 nitrogen and oxygen atoms in total. The highest BCUT2D eigenvalue weighted by Gasteiger charge is 2.43. The Morgan fingerprint density at radius 1 is 1.31 bits per heavy atom. The Morgan fingerprint density at radius 2 is 2.00 bits per heavy atom. The third-order valence-electron chi connectivity index (χ3n) is 2.33. The van der Waals surface area contributed by atoms with Crippen molar-refractivity contribution in [3.05, 3.63) is 24.3 Å². The SMILES string of the molecule is O=C(N1CCNc2ccccc21)C(F)(F)F. The fraction of sp³-hybridized carbons (Fsp3) is 0.300. The molecule has 0 aliphatic carbocycles. The van der Waals surface area contributed by atoms with E-state index in [0.29, 0.717) is 12.2 Å². The van der Waals surface area contributed by atoms with Crippen LogP contribution in [0.4, 0.5) is 24.5 Å². The molecule has 1 aromatic carbocycles. The predicted molar refractivity (Wildman–Crippen MR) is 53.3 cm³/mol. The van der Waals surface area contributed by atoms with Gasteiger partial charge in [0.1, 0.15) is 0 Å². The zero-order valence-corrected chi connectivity index (χ0v) is 8.21. The molecule has 0 unspecified atom stereocenters. The highest BCUT2D eigenvalue weighted by molar-refractivity contribution is 6.00. The van der Waals surface area contributed by atoms with Crippen molar-refractivity contribution < 1.29 is 18.0 Å². The van der Waals surface area contributed by atoms with Crippen LogP contribution in [0.2, 0.25) is 0 Å². The molecule has 0 radical (unpaired) electrons. The Morgan fingerprint density at radius 3 is 2.69 bits per heavy atom. The van der Waals surface area contributed by atoms with E-state index in [-0.39, 0.29) is 12.2 Å². The summed E-state index contributed by atoms with van der Waals surface area (Å²) >= 11 is 0. The first-order chi connectivity index (χ1) is 7.50. The van der Waals surface area contributed by atoms with Gasteiger partial charge in [-0.3, -0.25) is 4.79 Å². The second-order valence-electron chi connectivity index (χ2n) is 3.40. The number of rotatable bonds is 0. The van der Waals surface area contributed by atoms with Crippen LogP contribution in [0, 0.1) is 0 Å². The number of amides is 1. The van der Waals surface area contributed by atoms with Crippen LogP contribution >= 0.6 is 0 Å². The molecule has 0 spiro atoms. The smallest absolute Gasteiger partial charge is 0.382 e. The van der Waals surface area contributed by atoms with Gasteiger partial charge in [0.15, 0.2) is 0 Å². The predicted octanol–water partition coefficient (Wildman–Crippen LogP) is 2.01. The monoisotopic (exact) mass is 230 g/mol. The highest BCUT2D eigenvalue weighted by Crippen LogP contribution is 2.31. The lowest BCUT2D eigenvalue weighted by Crippen LogP contribution is -2.45. The number of nitrogens with one attached hydrogen (secondary N) is 1. The second-order valence-corrected chi connectivity index (χ2v) is 3.40. The minimum atomic E-state index is -4.83. The average Bonchev–Trinajstić information content (AvgIpc) is 2.26. The number of halogens is 3. The third-order valence-corrected chi connectivity index (χ3v) is 2.33. The fourth-order valence-corrected chi connectivity index (χ4v) is 1.65. The van der Waals surface area contributed by atoms with Crippen LogP contribution in [0.5, 0.6) is 0 Å². The van der Waals surface area contributed by atoms with E-state index in [1.807, 2.05) is 0 Å². The summed E-state index contributed by atoms with van der Waals surface area (Å²) in [5.74, 6) is -1.82. The van der Waals surface area contributed by atoms with Gasteiger partial charge in [0, 0.05) is 13.1 Å². The number of hydrogen-bond donors (Lipinski definition) is 1. The van der Waals surface area contributed by atoms with E-state index in [1.165, 1.54) is 6.07 Å². The number of alkyl halides is 3. The van der Waals surface area contributed by atoms with Crippen LogP contribution in [0.3, 0.4) is 0 Å². The molecule has 0 fully saturated rings. The van der Waals surface area contributed by atoms with Gasteiger partial charge >= 0.3 is 12.1 Å². The van der Waals surface area contributed by atoms with Crippen LogP contribution in [-0.2, 0) is 4.79 Å². The van der Waals surface area contributed by atoms with Crippen molar-refractivity contribution in [2.24, 2.45) is 0 Å². The summed E-state index contributed by atoms with van der Waals surface area (Å²) in [6, 6.07) is 6.44. The van der Waals surface area contributed by atoms with E-state index in [4.69, 9.17) is 0 Å². The molecule has 1 aromatic rings. The summed E-state index contributed by atoms with van der Waals surface area (Å²) in [5.41, 5.74) is 0.822. The van der Waals surface area contributed by atoms with Crippen molar-refractivity contribution in [3.63, 3.8) is 0 Å². The molecule has 1 N–H and O–H groups in total. The summed E-state index contributed by atoms with van der Waals surface area (Å²) in [5, 5.41) is 2.94. The van der Waals surface area contributed by atoms with Gasteiger partial charge in [0.05, 0.1) is 11.4 Å². The van der Waals surface area contributed by atoms with Gasteiger partial charge in [-0.1, -0.05) is 12.1 Å². The number of nitrogens with zero attached hydrogens (tertiary/aromatic N) is 1. The van der Waals surface area contributed by atoms with Gasteiger partial charge in [0.2, 0.25) is 0 Å². The van der Waals surface area contributed by atoms with Gasteiger partial charge in [-0.05, 0) is 12.1 Å². The molecule has 0 bridgehead atoms. The molecule has 0 saturated carbocycles. The number of hydrogen-bond acceptors (Lipinski definition) is 2. The molecule has 0 aromatic heterocycles. The van der Waals surface area contributed by atoms with E-state index in [2.05, 4.69) is 5.32 Å². The first kappa shape index (κ1) is 10.8. The maximum absolute atomic E-state index is 12.3. The van der Waals surface area contributed by atoms with Gasteiger partial charge in [0.25, 0.3) is 0 Å².